The molecule has 1 aromatic heterocycles. The van der Waals surface area contributed by atoms with Crippen molar-refractivity contribution in [2.24, 2.45) is 0 Å². The maximum Gasteiger partial charge on any atom is 0.307 e. The van der Waals surface area contributed by atoms with E-state index in [2.05, 4.69) is 4.98 Å². The van der Waals surface area contributed by atoms with Gasteiger partial charge in [0, 0.05) is 18.1 Å². The van der Waals surface area contributed by atoms with Crippen molar-refractivity contribution >= 4 is 17.7 Å². The van der Waals surface area contributed by atoms with Crippen LogP contribution in [0.4, 0.5) is 0 Å². The van der Waals surface area contributed by atoms with Gasteiger partial charge in [-0.15, -0.1) is 0 Å². The normalized spacial score (nSPS) is 14.9. The molecule has 1 aromatic rings. The number of thioether (sulfide) groups is 1. The second-order valence-corrected chi connectivity index (χ2v) is 4.41. The SMILES string of the molecule is O=C(O)Cc1cncc2c1CCSC2. The van der Waals surface area contributed by atoms with Gasteiger partial charge in [0.25, 0.3) is 0 Å². The van der Waals surface area contributed by atoms with Crippen molar-refractivity contribution in [3.8, 4) is 0 Å². The van der Waals surface area contributed by atoms with Crippen LogP contribution in [0.15, 0.2) is 12.4 Å². The molecule has 0 saturated carbocycles. The van der Waals surface area contributed by atoms with Crippen molar-refractivity contribution in [3.05, 3.63) is 29.1 Å². The molecule has 3 nitrogen and oxygen atoms in total. The van der Waals surface area contributed by atoms with Crippen LogP contribution in [0.5, 0.6) is 0 Å². The minimum atomic E-state index is -0.779. The van der Waals surface area contributed by atoms with Gasteiger partial charge in [-0.2, -0.15) is 11.8 Å². The Bertz CT molecular complexity index is 365. The maximum atomic E-state index is 10.6. The van der Waals surface area contributed by atoms with Crippen LogP contribution in [0.2, 0.25) is 0 Å². The van der Waals surface area contributed by atoms with Crippen LogP contribution in [0.25, 0.3) is 0 Å². The lowest BCUT2D eigenvalue weighted by atomic mass is 10.0. The predicted octanol–water partition coefficient (Wildman–Crippen LogP) is 1.50. The molecule has 4 heteroatoms. The number of carbonyl (C=O) groups is 1. The third-order valence-corrected chi connectivity index (χ3v) is 3.34. The highest BCUT2D eigenvalue weighted by molar-refractivity contribution is 7.98. The van der Waals surface area contributed by atoms with Gasteiger partial charge in [0.15, 0.2) is 0 Å². The average Bonchev–Trinajstić information content (AvgIpc) is 2.18. The number of hydrogen-bond acceptors (Lipinski definition) is 3. The lowest BCUT2D eigenvalue weighted by molar-refractivity contribution is -0.136. The Morgan fingerprint density at radius 2 is 2.43 bits per heavy atom. The van der Waals surface area contributed by atoms with Crippen LogP contribution in [0, 0.1) is 0 Å². The molecule has 0 saturated heterocycles. The topological polar surface area (TPSA) is 50.2 Å². The third kappa shape index (κ3) is 1.90. The quantitative estimate of drug-likeness (QED) is 0.802. The highest BCUT2D eigenvalue weighted by Crippen LogP contribution is 2.26. The van der Waals surface area contributed by atoms with Crippen LogP contribution >= 0.6 is 11.8 Å². The van der Waals surface area contributed by atoms with Gasteiger partial charge < -0.3 is 5.11 Å². The molecule has 14 heavy (non-hydrogen) atoms. The van der Waals surface area contributed by atoms with E-state index in [4.69, 9.17) is 5.11 Å². The number of aromatic nitrogens is 1. The third-order valence-electron chi connectivity index (χ3n) is 2.33. The van der Waals surface area contributed by atoms with E-state index in [1.54, 1.807) is 6.20 Å². The first-order valence-electron chi connectivity index (χ1n) is 4.51. The van der Waals surface area contributed by atoms with Crippen molar-refractivity contribution in [2.75, 3.05) is 5.75 Å². The number of hydrogen-bond donors (Lipinski definition) is 1. The molecule has 0 aromatic carbocycles. The molecule has 0 unspecified atom stereocenters. The number of carboxylic acid groups (broad SMARTS) is 1. The minimum Gasteiger partial charge on any atom is -0.481 e. The van der Waals surface area contributed by atoms with Crippen LogP contribution in [0.3, 0.4) is 0 Å². The fraction of sp³-hybridized carbons (Fsp3) is 0.400. The molecule has 0 bridgehead atoms. The number of pyridine rings is 1. The molecular formula is C10H11NO2S. The Morgan fingerprint density at radius 1 is 1.57 bits per heavy atom. The molecule has 2 rings (SSSR count). The van der Waals surface area contributed by atoms with Gasteiger partial charge in [0.1, 0.15) is 0 Å². The van der Waals surface area contributed by atoms with Crippen molar-refractivity contribution in [3.63, 3.8) is 0 Å². The molecule has 0 amide bonds. The fourth-order valence-electron chi connectivity index (χ4n) is 1.70. The van der Waals surface area contributed by atoms with Crippen molar-refractivity contribution in [1.82, 2.24) is 4.98 Å². The first kappa shape index (κ1) is 9.52. The Balaban J connectivity index is 2.35. The van der Waals surface area contributed by atoms with Crippen LogP contribution in [-0.4, -0.2) is 21.8 Å². The van der Waals surface area contributed by atoms with E-state index >= 15 is 0 Å². The van der Waals surface area contributed by atoms with Gasteiger partial charge in [-0.1, -0.05) is 0 Å². The Morgan fingerprint density at radius 3 is 3.21 bits per heavy atom. The van der Waals surface area contributed by atoms with Gasteiger partial charge >= 0.3 is 5.97 Å². The number of rotatable bonds is 2. The zero-order valence-electron chi connectivity index (χ0n) is 7.69. The Hall–Kier alpha value is -1.03. The number of aliphatic carboxylic acids is 1. The summed E-state index contributed by atoms with van der Waals surface area (Å²) in [5.74, 6) is 1.28. The summed E-state index contributed by atoms with van der Waals surface area (Å²) in [5, 5.41) is 8.74. The van der Waals surface area contributed by atoms with E-state index in [9.17, 15) is 4.79 Å². The molecular weight excluding hydrogens is 198 g/mol. The van der Waals surface area contributed by atoms with Crippen molar-refractivity contribution in [2.45, 2.75) is 18.6 Å². The monoisotopic (exact) mass is 209 g/mol. The van der Waals surface area contributed by atoms with E-state index in [0.717, 1.165) is 23.5 Å². The van der Waals surface area contributed by atoms with Gasteiger partial charge in [-0.25, -0.2) is 0 Å². The Kier molecular flexibility index (Phi) is 2.72. The molecule has 1 aliphatic rings. The lowest BCUT2D eigenvalue weighted by Gasteiger charge is -2.17. The first-order chi connectivity index (χ1) is 6.77. The Labute approximate surface area is 86.5 Å². The van der Waals surface area contributed by atoms with Crippen LogP contribution < -0.4 is 0 Å². The van der Waals surface area contributed by atoms with Crippen molar-refractivity contribution in [1.29, 1.82) is 0 Å². The minimum absolute atomic E-state index is 0.0981. The summed E-state index contributed by atoms with van der Waals surface area (Å²) in [5.41, 5.74) is 3.30. The smallest absolute Gasteiger partial charge is 0.307 e. The first-order valence-corrected chi connectivity index (χ1v) is 5.67. The highest BCUT2D eigenvalue weighted by Gasteiger charge is 2.15. The lowest BCUT2D eigenvalue weighted by Crippen LogP contribution is -2.10. The maximum absolute atomic E-state index is 10.6. The van der Waals surface area contributed by atoms with E-state index in [1.807, 2.05) is 18.0 Å². The summed E-state index contributed by atoms with van der Waals surface area (Å²) < 4.78 is 0. The summed E-state index contributed by atoms with van der Waals surface area (Å²) in [6.45, 7) is 0. The van der Waals surface area contributed by atoms with E-state index in [-0.39, 0.29) is 6.42 Å². The number of carboxylic acids is 1. The average molecular weight is 209 g/mol. The standard InChI is InChI=1S/C10H11NO2S/c12-10(13)3-7-4-11-5-8-6-14-2-1-9(7)8/h4-5H,1-3,6H2,(H,12,13). The van der Waals surface area contributed by atoms with Crippen molar-refractivity contribution < 1.29 is 9.90 Å². The molecule has 0 aliphatic carbocycles. The van der Waals surface area contributed by atoms with E-state index < -0.39 is 5.97 Å². The fourth-order valence-corrected chi connectivity index (χ4v) is 2.66. The summed E-state index contributed by atoms with van der Waals surface area (Å²) in [7, 11) is 0. The second kappa shape index (κ2) is 4.00. The molecule has 0 atom stereocenters. The largest absolute Gasteiger partial charge is 0.481 e. The van der Waals surface area contributed by atoms with Gasteiger partial charge in [0.2, 0.25) is 0 Å². The van der Waals surface area contributed by atoms with Crippen LogP contribution in [0.1, 0.15) is 16.7 Å². The predicted molar refractivity (Wildman–Crippen MR) is 55.4 cm³/mol. The van der Waals surface area contributed by atoms with E-state index in [1.165, 1.54) is 11.1 Å². The molecule has 0 spiro atoms. The summed E-state index contributed by atoms with van der Waals surface area (Å²) in [4.78, 5) is 14.7. The van der Waals surface area contributed by atoms with Gasteiger partial charge in [-0.05, 0) is 28.9 Å². The zero-order chi connectivity index (χ0) is 9.97. The summed E-state index contributed by atoms with van der Waals surface area (Å²) in [6, 6.07) is 0. The molecule has 74 valence electrons. The van der Waals surface area contributed by atoms with Gasteiger partial charge in [0.05, 0.1) is 6.42 Å². The van der Waals surface area contributed by atoms with E-state index in [0.29, 0.717) is 0 Å². The molecule has 0 fully saturated rings. The molecule has 1 aliphatic heterocycles. The summed E-state index contributed by atoms with van der Waals surface area (Å²) >= 11 is 1.88. The zero-order valence-corrected chi connectivity index (χ0v) is 8.51. The summed E-state index contributed by atoms with van der Waals surface area (Å²) in [6.07, 6.45) is 4.61. The molecule has 2 heterocycles. The number of fused-ring (bicyclic) bond motifs is 1. The van der Waals surface area contributed by atoms with Crippen LogP contribution in [-0.2, 0) is 23.4 Å². The second-order valence-electron chi connectivity index (χ2n) is 3.31. The molecule has 1 N–H and O–H groups in total. The number of nitrogens with zero attached hydrogens (tertiary/aromatic N) is 1. The van der Waals surface area contributed by atoms with Gasteiger partial charge in [-0.3, -0.25) is 9.78 Å². The highest BCUT2D eigenvalue weighted by atomic mass is 32.2. The molecule has 0 radical (unpaired) electrons.